The van der Waals surface area contributed by atoms with Gasteiger partial charge in [-0.25, -0.2) is 15.8 Å². The molecule has 2 rings (SSSR count). The molecule has 20 heavy (non-hydrogen) atoms. The van der Waals surface area contributed by atoms with Gasteiger partial charge >= 0.3 is 0 Å². The van der Waals surface area contributed by atoms with Crippen LogP contribution >= 0.6 is 0 Å². The van der Waals surface area contributed by atoms with Crippen LogP contribution in [0.2, 0.25) is 0 Å². The maximum atomic E-state index is 5.52. The number of hydrazine groups is 1. The molecule has 5 nitrogen and oxygen atoms in total. The lowest BCUT2D eigenvalue weighted by Crippen LogP contribution is -2.14. The summed E-state index contributed by atoms with van der Waals surface area (Å²) in [6, 6.07) is 8.34. The van der Waals surface area contributed by atoms with Gasteiger partial charge in [-0.3, -0.25) is 0 Å². The van der Waals surface area contributed by atoms with E-state index in [2.05, 4.69) is 65.7 Å². The molecule has 0 amide bonds. The smallest absolute Gasteiger partial charge is 0.148 e. The zero-order valence-corrected chi connectivity index (χ0v) is 12.1. The molecule has 0 saturated carbocycles. The molecule has 0 saturated heterocycles. The number of hydrogen-bond donors (Lipinski definition) is 3. The van der Waals surface area contributed by atoms with E-state index in [4.69, 9.17) is 5.84 Å². The first-order valence-electron chi connectivity index (χ1n) is 6.83. The topological polar surface area (TPSA) is 75.9 Å². The van der Waals surface area contributed by atoms with Gasteiger partial charge in [-0.15, -0.1) is 0 Å². The van der Waals surface area contributed by atoms with Gasteiger partial charge in [-0.05, 0) is 30.0 Å². The molecule has 0 spiro atoms. The van der Waals surface area contributed by atoms with E-state index in [0.29, 0.717) is 5.82 Å². The van der Waals surface area contributed by atoms with Gasteiger partial charge in [0.1, 0.15) is 18.0 Å². The van der Waals surface area contributed by atoms with Crippen molar-refractivity contribution in [3.63, 3.8) is 0 Å². The second-order valence-electron chi connectivity index (χ2n) is 4.96. The van der Waals surface area contributed by atoms with Crippen molar-refractivity contribution in [2.45, 2.75) is 33.1 Å². The Bertz CT molecular complexity index is 563. The highest BCUT2D eigenvalue weighted by Crippen LogP contribution is 2.29. The minimum absolute atomic E-state index is 0.264. The number of nitrogens with one attached hydrogen (secondary N) is 2. The molecule has 4 N–H and O–H groups in total. The fourth-order valence-corrected chi connectivity index (χ4v) is 2.12. The molecule has 0 fully saturated rings. The van der Waals surface area contributed by atoms with E-state index < -0.39 is 0 Å². The third-order valence-corrected chi connectivity index (χ3v) is 3.22. The second kappa shape index (κ2) is 6.34. The van der Waals surface area contributed by atoms with Gasteiger partial charge in [0.15, 0.2) is 0 Å². The first-order chi connectivity index (χ1) is 9.65. The Hall–Kier alpha value is -2.14. The summed E-state index contributed by atoms with van der Waals surface area (Å²) in [4.78, 5) is 8.49. The monoisotopic (exact) mass is 271 g/mol. The van der Waals surface area contributed by atoms with Crippen LogP contribution in [0.3, 0.4) is 0 Å². The molecule has 2 aromatic rings. The van der Waals surface area contributed by atoms with Crippen LogP contribution in [-0.2, 0) is 6.42 Å². The zero-order valence-electron chi connectivity index (χ0n) is 12.1. The number of rotatable bonds is 5. The molecule has 0 bridgehead atoms. The summed E-state index contributed by atoms with van der Waals surface area (Å²) in [5.41, 5.74) is 5.93. The fourth-order valence-electron chi connectivity index (χ4n) is 2.12. The molecule has 1 aromatic heterocycles. The lowest BCUT2D eigenvalue weighted by molar-refractivity contribution is 0.850. The molecule has 5 heteroatoms. The van der Waals surface area contributed by atoms with E-state index in [-0.39, 0.29) is 5.92 Å². The van der Waals surface area contributed by atoms with Gasteiger partial charge in [0.05, 0.1) is 0 Å². The number of nitrogen functional groups attached to an aromatic ring is 1. The first-order valence-corrected chi connectivity index (χ1v) is 6.83. The highest BCUT2D eigenvalue weighted by Gasteiger charge is 2.14. The molecule has 0 radical (unpaired) electrons. The third kappa shape index (κ3) is 3.05. The average Bonchev–Trinajstić information content (AvgIpc) is 2.47. The SMILES string of the molecule is CCc1ccc(Nc2ncnc(NN)c2C(C)C)cc1. The molecular weight excluding hydrogens is 250 g/mol. The largest absolute Gasteiger partial charge is 0.340 e. The van der Waals surface area contributed by atoms with Crippen molar-refractivity contribution >= 4 is 17.3 Å². The number of aromatic nitrogens is 2. The summed E-state index contributed by atoms with van der Waals surface area (Å²) >= 11 is 0. The molecule has 1 heterocycles. The van der Waals surface area contributed by atoms with Gasteiger partial charge in [0, 0.05) is 11.3 Å². The number of nitrogens with zero attached hydrogens (tertiary/aromatic N) is 2. The summed E-state index contributed by atoms with van der Waals surface area (Å²) in [7, 11) is 0. The van der Waals surface area contributed by atoms with Crippen molar-refractivity contribution in [1.82, 2.24) is 9.97 Å². The van der Waals surface area contributed by atoms with Crippen molar-refractivity contribution in [3.8, 4) is 0 Å². The van der Waals surface area contributed by atoms with E-state index >= 15 is 0 Å². The van der Waals surface area contributed by atoms with Crippen LogP contribution in [0, 0.1) is 0 Å². The highest BCUT2D eigenvalue weighted by molar-refractivity contribution is 5.65. The van der Waals surface area contributed by atoms with E-state index in [9.17, 15) is 0 Å². The van der Waals surface area contributed by atoms with Gasteiger partial charge in [0.25, 0.3) is 0 Å². The fraction of sp³-hybridized carbons (Fsp3) is 0.333. The van der Waals surface area contributed by atoms with Crippen molar-refractivity contribution < 1.29 is 0 Å². The van der Waals surface area contributed by atoms with Gasteiger partial charge in [0.2, 0.25) is 0 Å². The highest BCUT2D eigenvalue weighted by atomic mass is 15.3. The number of anilines is 3. The lowest BCUT2D eigenvalue weighted by Gasteiger charge is -2.16. The minimum Gasteiger partial charge on any atom is -0.340 e. The normalized spacial score (nSPS) is 10.7. The molecule has 0 aliphatic rings. The van der Waals surface area contributed by atoms with Crippen LogP contribution in [0.5, 0.6) is 0 Å². The van der Waals surface area contributed by atoms with Crippen LogP contribution < -0.4 is 16.6 Å². The lowest BCUT2D eigenvalue weighted by atomic mass is 10.0. The van der Waals surface area contributed by atoms with Gasteiger partial charge in [-0.1, -0.05) is 32.9 Å². The van der Waals surface area contributed by atoms with Crippen molar-refractivity contribution in [3.05, 3.63) is 41.7 Å². The molecule has 0 aliphatic carbocycles. The molecule has 106 valence electrons. The van der Waals surface area contributed by atoms with Gasteiger partial charge in [-0.2, -0.15) is 0 Å². The number of hydrogen-bond acceptors (Lipinski definition) is 5. The number of benzene rings is 1. The Morgan fingerprint density at radius 3 is 2.30 bits per heavy atom. The van der Waals surface area contributed by atoms with E-state index in [1.54, 1.807) is 0 Å². The Kier molecular flexibility index (Phi) is 4.53. The summed E-state index contributed by atoms with van der Waals surface area (Å²) in [6.45, 7) is 6.32. The number of nitrogens with two attached hydrogens (primary N) is 1. The second-order valence-corrected chi connectivity index (χ2v) is 4.96. The molecule has 0 unspecified atom stereocenters. The van der Waals surface area contributed by atoms with E-state index in [0.717, 1.165) is 23.5 Å². The minimum atomic E-state index is 0.264. The first kappa shape index (κ1) is 14.3. The Morgan fingerprint density at radius 2 is 1.75 bits per heavy atom. The quantitative estimate of drug-likeness (QED) is 0.575. The van der Waals surface area contributed by atoms with Crippen LogP contribution in [-0.4, -0.2) is 9.97 Å². The molecule has 0 aliphatic heterocycles. The Labute approximate surface area is 119 Å². The summed E-state index contributed by atoms with van der Waals surface area (Å²) in [6.07, 6.45) is 2.54. The summed E-state index contributed by atoms with van der Waals surface area (Å²) in [5.74, 6) is 7.22. The number of aryl methyl sites for hydroxylation is 1. The van der Waals surface area contributed by atoms with Crippen LogP contribution in [0.15, 0.2) is 30.6 Å². The Balaban J connectivity index is 2.32. The van der Waals surface area contributed by atoms with Crippen LogP contribution in [0.25, 0.3) is 0 Å². The maximum absolute atomic E-state index is 5.52. The zero-order chi connectivity index (χ0) is 14.5. The standard InChI is InChI=1S/C15H21N5/c1-4-11-5-7-12(8-6-11)19-14-13(10(2)3)15(20-16)18-9-17-14/h5-10H,4,16H2,1-3H3,(H2,17,18,19,20). The predicted molar refractivity (Wildman–Crippen MR) is 83.0 cm³/mol. The van der Waals surface area contributed by atoms with E-state index in [1.807, 2.05) is 0 Å². The van der Waals surface area contributed by atoms with Crippen LogP contribution in [0.4, 0.5) is 17.3 Å². The summed E-state index contributed by atoms with van der Waals surface area (Å²) < 4.78 is 0. The van der Waals surface area contributed by atoms with Crippen molar-refractivity contribution in [2.75, 3.05) is 10.7 Å². The predicted octanol–water partition coefficient (Wildman–Crippen LogP) is 3.19. The van der Waals surface area contributed by atoms with E-state index in [1.165, 1.54) is 11.9 Å². The van der Waals surface area contributed by atoms with Crippen molar-refractivity contribution in [2.24, 2.45) is 5.84 Å². The molecule has 0 atom stereocenters. The van der Waals surface area contributed by atoms with Gasteiger partial charge < -0.3 is 10.7 Å². The molecular formula is C15H21N5. The molecule has 1 aromatic carbocycles. The Morgan fingerprint density at radius 1 is 1.10 bits per heavy atom. The average molecular weight is 271 g/mol. The summed E-state index contributed by atoms with van der Waals surface area (Å²) in [5, 5.41) is 3.33. The van der Waals surface area contributed by atoms with Crippen LogP contribution in [0.1, 0.15) is 37.8 Å². The maximum Gasteiger partial charge on any atom is 0.148 e. The third-order valence-electron chi connectivity index (χ3n) is 3.22. The van der Waals surface area contributed by atoms with Crippen molar-refractivity contribution in [1.29, 1.82) is 0 Å².